The smallest absolute Gasteiger partial charge is 0.179 e. The number of aromatic nitrogens is 2. The molecule has 0 aliphatic heterocycles. The summed E-state index contributed by atoms with van der Waals surface area (Å²) in [6, 6.07) is 6.59. The minimum atomic E-state index is 0.947. The molecule has 1 aromatic carbocycles. The van der Waals surface area contributed by atoms with E-state index in [1.807, 2.05) is 6.92 Å². The third-order valence-electron chi connectivity index (χ3n) is 2.77. The molecule has 1 N–H and O–H groups in total. The van der Waals surface area contributed by atoms with Crippen molar-refractivity contribution in [2.75, 3.05) is 6.54 Å². The molecule has 0 unspecified atom stereocenters. The van der Waals surface area contributed by atoms with Crippen molar-refractivity contribution in [2.24, 2.45) is 0 Å². The Hall–Kier alpha value is -0.910. The van der Waals surface area contributed by atoms with Crippen LogP contribution in [-0.2, 0) is 6.54 Å². The Morgan fingerprint density at radius 2 is 2.11 bits per heavy atom. The first-order chi connectivity index (χ1) is 9.19. The van der Waals surface area contributed by atoms with Crippen molar-refractivity contribution in [3.05, 3.63) is 34.3 Å². The van der Waals surface area contributed by atoms with Crippen molar-refractivity contribution in [1.29, 1.82) is 0 Å². The van der Waals surface area contributed by atoms with Crippen LogP contribution in [0.15, 0.2) is 27.4 Å². The minimum absolute atomic E-state index is 0.947. The maximum Gasteiger partial charge on any atom is 0.179 e. The topological polar surface area (TPSA) is 37.8 Å². The quantitative estimate of drug-likeness (QED) is 0.822. The molecule has 0 fully saturated rings. The van der Waals surface area contributed by atoms with E-state index in [-0.39, 0.29) is 0 Å². The summed E-state index contributed by atoms with van der Waals surface area (Å²) in [5.41, 5.74) is 2.70. The van der Waals surface area contributed by atoms with E-state index in [0.717, 1.165) is 22.4 Å². The van der Waals surface area contributed by atoms with Gasteiger partial charge in [0.25, 0.3) is 0 Å². The van der Waals surface area contributed by atoms with E-state index >= 15 is 0 Å². The molecule has 0 radical (unpaired) electrons. The van der Waals surface area contributed by atoms with Gasteiger partial charge in [-0.05, 0) is 50.1 Å². The Morgan fingerprint density at radius 3 is 2.74 bits per heavy atom. The average Bonchev–Trinajstić information content (AvgIpc) is 2.78. The predicted octanol–water partition coefficient (Wildman–Crippen LogP) is 3.81. The molecule has 102 valence electrons. The van der Waals surface area contributed by atoms with Gasteiger partial charge in [0, 0.05) is 11.4 Å². The summed E-state index contributed by atoms with van der Waals surface area (Å²) in [4.78, 5) is 1.23. The van der Waals surface area contributed by atoms with E-state index in [1.165, 1.54) is 22.4 Å². The maximum atomic E-state index is 4.14. The van der Waals surface area contributed by atoms with Crippen LogP contribution in [0.2, 0.25) is 0 Å². The van der Waals surface area contributed by atoms with Gasteiger partial charge in [-0.25, -0.2) is 0 Å². The van der Waals surface area contributed by atoms with Gasteiger partial charge < -0.3 is 5.32 Å². The van der Waals surface area contributed by atoms with E-state index in [9.17, 15) is 0 Å². The van der Waals surface area contributed by atoms with Crippen molar-refractivity contribution >= 4 is 23.1 Å². The van der Waals surface area contributed by atoms with Crippen LogP contribution < -0.4 is 5.32 Å². The van der Waals surface area contributed by atoms with Crippen LogP contribution in [0.3, 0.4) is 0 Å². The molecule has 0 saturated carbocycles. The standard InChI is InChI=1S/C14H19N3S2/c1-4-7-15-9-12-5-6-13(8-10(12)2)19-14-17-16-11(3)18-14/h5-6,8,15H,4,7,9H2,1-3H3. The lowest BCUT2D eigenvalue weighted by Crippen LogP contribution is -2.14. The van der Waals surface area contributed by atoms with E-state index in [1.54, 1.807) is 23.1 Å². The molecule has 2 rings (SSSR count). The van der Waals surface area contributed by atoms with E-state index < -0.39 is 0 Å². The number of nitrogens with one attached hydrogen (secondary N) is 1. The largest absolute Gasteiger partial charge is 0.313 e. The molecule has 0 aliphatic rings. The van der Waals surface area contributed by atoms with Crippen LogP contribution in [0.1, 0.15) is 29.5 Å². The van der Waals surface area contributed by atoms with Crippen molar-refractivity contribution in [2.45, 2.75) is 43.0 Å². The highest BCUT2D eigenvalue weighted by Gasteiger charge is 2.05. The lowest BCUT2D eigenvalue weighted by atomic mass is 10.1. The highest BCUT2D eigenvalue weighted by Crippen LogP contribution is 2.30. The Kier molecular flexibility index (Phi) is 5.36. The molecule has 5 heteroatoms. The van der Waals surface area contributed by atoms with E-state index in [0.29, 0.717) is 0 Å². The Balaban J connectivity index is 2.01. The highest BCUT2D eigenvalue weighted by atomic mass is 32.2. The first-order valence-electron chi connectivity index (χ1n) is 6.47. The van der Waals surface area contributed by atoms with E-state index in [4.69, 9.17) is 0 Å². The summed E-state index contributed by atoms with van der Waals surface area (Å²) >= 11 is 3.32. The normalized spacial score (nSPS) is 10.9. The van der Waals surface area contributed by atoms with E-state index in [2.05, 4.69) is 47.6 Å². The first-order valence-corrected chi connectivity index (χ1v) is 8.10. The van der Waals surface area contributed by atoms with Crippen molar-refractivity contribution in [3.8, 4) is 0 Å². The zero-order valence-electron chi connectivity index (χ0n) is 11.6. The van der Waals surface area contributed by atoms with Crippen molar-refractivity contribution in [1.82, 2.24) is 15.5 Å². The molecular formula is C14H19N3S2. The first kappa shape index (κ1) is 14.5. The second-order valence-corrected chi connectivity index (χ2v) is 6.96. The molecule has 3 nitrogen and oxygen atoms in total. The average molecular weight is 293 g/mol. The molecule has 1 heterocycles. The Labute approximate surface area is 122 Å². The number of aryl methyl sites for hydroxylation is 2. The van der Waals surface area contributed by atoms with Gasteiger partial charge >= 0.3 is 0 Å². The predicted molar refractivity (Wildman–Crippen MR) is 81.9 cm³/mol. The van der Waals surface area contributed by atoms with Crippen LogP contribution in [0, 0.1) is 13.8 Å². The Morgan fingerprint density at radius 1 is 1.26 bits per heavy atom. The number of hydrogen-bond acceptors (Lipinski definition) is 5. The maximum absolute atomic E-state index is 4.14. The molecule has 0 saturated heterocycles. The van der Waals surface area contributed by atoms with Crippen LogP contribution >= 0.6 is 23.1 Å². The summed E-state index contributed by atoms with van der Waals surface area (Å²) < 4.78 is 1.01. The zero-order valence-corrected chi connectivity index (χ0v) is 13.2. The summed E-state index contributed by atoms with van der Waals surface area (Å²) in [6.45, 7) is 8.35. The molecule has 0 bridgehead atoms. The lowest BCUT2D eigenvalue weighted by molar-refractivity contribution is 0.673. The second-order valence-electron chi connectivity index (χ2n) is 4.45. The van der Waals surface area contributed by atoms with Gasteiger partial charge in [-0.2, -0.15) is 0 Å². The van der Waals surface area contributed by atoms with Crippen LogP contribution in [-0.4, -0.2) is 16.7 Å². The van der Waals surface area contributed by atoms with Gasteiger partial charge in [0.1, 0.15) is 5.01 Å². The second kappa shape index (κ2) is 7.03. The fourth-order valence-corrected chi connectivity index (χ4v) is 3.64. The lowest BCUT2D eigenvalue weighted by Gasteiger charge is -2.08. The van der Waals surface area contributed by atoms with Gasteiger partial charge in [-0.3, -0.25) is 0 Å². The van der Waals surface area contributed by atoms with Crippen LogP contribution in [0.4, 0.5) is 0 Å². The summed E-state index contributed by atoms with van der Waals surface area (Å²) in [5.74, 6) is 0. The highest BCUT2D eigenvalue weighted by molar-refractivity contribution is 8.01. The summed E-state index contributed by atoms with van der Waals surface area (Å²) in [6.07, 6.45) is 1.17. The zero-order chi connectivity index (χ0) is 13.7. The number of hydrogen-bond donors (Lipinski definition) is 1. The molecule has 1 aromatic heterocycles. The van der Waals surface area contributed by atoms with Crippen molar-refractivity contribution < 1.29 is 0 Å². The summed E-state index contributed by atoms with van der Waals surface area (Å²) in [7, 11) is 0. The fourth-order valence-electron chi connectivity index (χ4n) is 1.75. The minimum Gasteiger partial charge on any atom is -0.313 e. The summed E-state index contributed by atoms with van der Waals surface area (Å²) in [5, 5.41) is 12.6. The monoisotopic (exact) mass is 293 g/mol. The molecule has 0 aliphatic carbocycles. The molecular weight excluding hydrogens is 274 g/mol. The van der Waals surface area contributed by atoms with Gasteiger partial charge in [0.15, 0.2) is 4.34 Å². The molecule has 19 heavy (non-hydrogen) atoms. The van der Waals surface area contributed by atoms with Gasteiger partial charge in [-0.1, -0.05) is 36.1 Å². The van der Waals surface area contributed by atoms with Gasteiger partial charge in [-0.15, -0.1) is 10.2 Å². The fraction of sp³-hybridized carbons (Fsp3) is 0.429. The number of nitrogens with zero attached hydrogens (tertiary/aromatic N) is 2. The van der Waals surface area contributed by atoms with Gasteiger partial charge in [0.05, 0.1) is 0 Å². The third-order valence-corrected chi connectivity index (χ3v) is 4.65. The third kappa shape index (κ3) is 4.30. The van der Waals surface area contributed by atoms with Crippen LogP contribution in [0.25, 0.3) is 0 Å². The van der Waals surface area contributed by atoms with Gasteiger partial charge in [0.2, 0.25) is 0 Å². The van der Waals surface area contributed by atoms with Crippen LogP contribution in [0.5, 0.6) is 0 Å². The SMILES string of the molecule is CCCNCc1ccc(Sc2nnc(C)s2)cc1C. The Bertz CT molecular complexity index is 537. The number of benzene rings is 1. The molecule has 0 atom stereocenters. The number of rotatable bonds is 6. The molecule has 0 amide bonds. The molecule has 2 aromatic rings. The molecule has 0 spiro atoms. The van der Waals surface area contributed by atoms with Crippen molar-refractivity contribution in [3.63, 3.8) is 0 Å².